The zero-order valence-corrected chi connectivity index (χ0v) is 17.3. The highest BCUT2D eigenvalue weighted by molar-refractivity contribution is 7.89. The summed E-state index contributed by atoms with van der Waals surface area (Å²) in [4.78, 5) is 5.77. The van der Waals surface area contributed by atoms with Gasteiger partial charge < -0.3 is 0 Å². The molecule has 3 rings (SSSR count). The Hall–Kier alpha value is -1.22. The van der Waals surface area contributed by atoms with Crippen molar-refractivity contribution in [2.45, 2.75) is 50.0 Å². The number of aromatic nitrogens is 2. The van der Waals surface area contributed by atoms with Crippen LogP contribution in [-0.2, 0) is 17.1 Å². The van der Waals surface area contributed by atoms with Gasteiger partial charge in [-0.2, -0.15) is 5.10 Å². The molecule has 1 heterocycles. The number of rotatable bonds is 5. The number of benzene rings is 1. The average molecular weight is 415 g/mol. The molecule has 0 spiro atoms. The summed E-state index contributed by atoms with van der Waals surface area (Å²) in [5.74, 6) is 0. The number of halogens is 1. The largest absolute Gasteiger partial charge is 0.254 e. The molecule has 0 unspecified atom stereocenters. The summed E-state index contributed by atoms with van der Waals surface area (Å²) < 4.78 is 28.9. The van der Waals surface area contributed by atoms with Crippen LogP contribution in [0.4, 0.5) is 0 Å². The van der Waals surface area contributed by atoms with E-state index < -0.39 is 10.0 Å². The first-order chi connectivity index (χ1) is 12.4. The molecule has 1 aliphatic rings. The van der Waals surface area contributed by atoms with Crippen molar-refractivity contribution in [3.63, 3.8) is 0 Å². The molecule has 142 valence electrons. The van der Waals surface area contributed by atoms with Crippen LogP contribution in [0.1, 0.15) is 39.0 Å². The molecular weight excluding hydrogens is 392 g/mol. The number of nitrogens with zero attached hydrogens (tertiary/aromatic N) is 3. The molecule has 1 fully saturated rings. The molecule has 0 amide bonds. The molecule has 0 saturated heterocycles. The minimum Gasteiger partial charge on any atom is -0.254 e. The lowest BCUT2D eigenvalue weighted by molar-refractivity contribution is 0.434. The summed E-state index contributed by atoms with van der Waals surface area (Å²) in [5.41, 5.74) is 0.719. The smallest absolute Gasteiger partial charge is 0.242 e. The number of sulfonamides is 1. The Balaban J connectivity index is 1.97. The Kier molecular flexibility index (Phi) is 6.17. The fourth-order valence-electron chi connectivity index (χ4n) is 3.05. The van der Waals surface area contributed by atoms with Gasteiger partial charge in [0.2, 0.25) is 14.8 Å². The van der Waals surface area contributed by atoms with Crippen LogP contribution in [0.2, 0.25) is 5.02 Å². The minimum atomic E-state index is -3.63. The summed E-state index contributed by atoms with van der Waals surface area (Å²) in [5, 5.41) is 5.45. The molecule has 0 aliphatic heterocycles. The lowest BCUT2D eigenvalue weighted by atomic mass is 9.96. The van der Waals surface area contributed by atoms with Gasteiger partial charge >= 0.3 is 0 Å². The van der Waals surface area contributed by atoms with Crippen molar-refractivity contribution in [3.8, 4) is 10.6 Å². The summed E-state index contributed by atoms with van der Waals surface area (Å²) in [7, 11) is -1.76. The van der Waals surface area contributed by atoms with Crippen LogP contribution in [-0.4, -0.2) is 30.8 Å². The second kappa shape index (κ2) is 8.21. The van der Waals surface area contributed by atoms with Crippen molar-refractivity contribution >= 4 is 33.0 Å². The molecule has 1 aromatic carbocycles. The van der Waals surface area contributed by atoms with Crippen molar-refractivity contribution < 1.29 is 8.42 Å². The monoisotopic (exact) mass is 414 g/mol. The lowest BCUT2D eigenvalue weighted by Gasteiger charge is -2.16. The van der Waals surface area contributed by atoms with Crippen molar-refractivity contribution in [2.24, 2.45) is 12.0 Å². The van der Waals surface area contributed by atoms with Gasteiger partial charge in [-0.3, -0.25) is 4.99 Å². The molecule has 1 saturated carbocycles. The van der Waals surface area contributed by atoms with Crippen LogP contribution >= 0.6 is 22.9 Å². The van der Waals surface area contributed by atoms with Gasteiger partial charge in [0.25, 0.3) is 0 Å². The maximum Gasteiger partial charge on any atom is 0.242 e. The molecule has 1 aromatic heterocycles. The lowest BCUT2D eigenvalue weighted by Crippen LogP contribution is -2.23. The van der Waals surface area contributed by atoms with Crippen molar-refractivity contribution in [2.75, 3.05) is 6.54 Å². The SMILES string of the molecule is CCNS(=O)(=O)c1cc(-c2nn(C)c(=NC3CCCCC3)s2)ccc1Cl. The second-order valence-corrected chi connectivity index (χ2v) is 9.48. The predicted molar refractivity (Wildman–Crippen MR) is 105 cm³/mol. The summed E-state index contributed by atoms with van der Waals surface area (Å²) in [6.07, 6.45) is 6.00. The quantitative estimate of drug-likeness (QED) is 0.815. The molecule has 2 aromatic rings. The normalized spacial score (nSPS) is 17.0. The molecule has 6 nitrogen and oxygen atoms in total. The van der Waals surface area contributed by atoms with Crippen molar-refractivity contribution in [3.05, 3.63) is 28.0 Å². The Labute approximate surface area is 163 Å². The van der Waals surface area contributed by atoms with Gasteiger partial charge in [0.1, 0.15) is 9.90 Å². The van der Waals surface area contributed by atoms with Gasteiger partial charge in [0.15, 0.2) is 0 Å². The first-order valence-corrected chi connectivity index (χ1v) is 11.5. The topological polar surface area (TPSA) is 76.3 Å². The van der Waals surface area contributed by atoms with Crippen LogP contribution in [0.25, 0.3) is 10.6 Å². The maximum absolute atomic E-state index is 12.3. The van der Waals surface area contributed by atoms with Gasteiger partial charge in [0, 0.05) is 19.2 Å². The average Bonchev–Trinajstić information content (AvgIpc) is 2.96. The van der Waals surface area contributed by atoms with Gasteiger partial charge in [-0.05, 0) is 25.0 Å². The standard InChI is InChI=1S/C17H23ClN4O2S2/c1-3-19-26(23,24)15-11-12(9-10-14(15)18)16-21-22(2)17(25-16)20-13-7-5-4-6-8-13/h9-11,13,19H,3-8H2,1-2H3. The van der Waals surface area contributed by atoms with Crippen molar-refractivity contribution in [1.29, 1.82) is 0 Å². The molecular formula is C17H23ClN4O2S2. The van der Waals surface area contributed by atoms with Gasteiger partial charge in [0.05, 0.1) is 11.1 Å². The number of hydrogen-bond acceptors (Lipinski definition) is 5. The predicted octanol–water partition coefficient (Wildman–Crippen LogP) is 3.33. The Morgan fingerprint density at radius 1 is 1.35 bits per heavy atom. The number of hydrogen-bond donors (Lipinski definition) is 1. The van der Waals surface area contributed by atoms with E-state index in [1.54, 1.807) is 29.8 Å². The van der Waals surface area contributed by atoms with E-state index in [2.05, 4.69) is 9.82 Å². The minimum absolute atomic E-state index is 0.0714. The van der Waals surface area contributed by atoms with Crippen LogP contribution in [0.15, 0.2) is 28.1 Å². The molecule has 0 atom stereocenters. The van der Waals surface area contributed by atoms with E-state index in [0.29, 0.717) is 12.6 Å². The molecule has 0 bridgehead atoms. The van der Waals surface area contributed by atoms with E-state index in [1.165, 1.54) is 30.6 Å². The van der Waals surface area contributed by atoms with Crippen LogP contribution in [0, 0.1) is 0 Å². The third kappa shape index (κ3) is 4.36. The van der Waals surface area contributed by atoms with E-state index in [-0.39, 0.29) is 9.92 Å². The maximum atomic E-state index is 12.3. The summed E-state index contributed by atoms with van der Waals surface area (Å²) in [6.45, 7) is 2.04. The second-order valence-electron chi connectivity index (χ2n) is 6.38. The van der Waals surface area contributed by atoms with E-state index in [1.807, 2.05) is 7.05 Å². The van der Waals surface area contributed by atoms with Gasteiger partial charge in [-0.25, -0.2) is 17.8 Å². The molecule has 0 radical (unpaired) electrons. The highest BCUT2D eigenvalue weighted by Gasteiger charge is 2.19. The van der Waals surface area contributed by atoms with E-state index in [0.717, 1.165) is 28.2 Å². The van der Waals surface area contributed by atoms with Crippen LogP contribution in [0.3, 0.4) is 0 Å². The van der Waals surface area contributed by atoms with E-state index >= 15 is 0 Å². The Morgan fingerprint density at radius 3 is 2.77 bits per heavy atom. The zero-order valence-electron chi connectivity index (χ0n) is 14.9. The van der Waals surface area contributed by atoms with Gasteiger partial charge in [-0.1, -0.05) is 55.2 Å². The summed E-state index contributed by atoms with van der Waals surface area (Å²) in [6, 6.07) is 5.32. The van der Waals surface area contributed by atoms with Crippen LogP contribution in [0.5, 0.6) is 0 Å². The van der Waals surface area contributed by atoms with Crippen molar-refractivity contribution in [1.82, 2.24) is 14.5 Å². The molecule has 1 N–H and O–H groups in total. The van der Waals surface area contributed by atoms with Gasteiger partial charge in [-0.15, -0.1) is 0 Å². The number of nitrogens with one attached hydrogen (secondary N) is 1. The fourth-order valence-corrected chi connectivity index (χ4v) is 5.58. The summed E-state index contributed by atoms with van der Waals surface area (Å²) >= 11 is 7.58. The van der Waals surface area contributed by atoms with E-state index in [4.69, 9.17) is 16.6 Å². The third-order valence-corrected chi connectivity index (χ3v) is 7.47. The van der Waals surface area contributed by atoms with Crippen LogP contribution < -0.4 is 9.52 Å². The zero-order chi connectivity index (χ0) is 18.7. The first-order valence-electron chi connectivity index (χ1n) is 8.78. The van der Waals surface area contributed by atoms with E-state index in [9.17, 15) is 8.42 Å². The molecule has 26 heavy (non-hydrogen) atoms. The highest BCUT2D eigenvalue weighted by Crippen LogP contribution is 2.28. The molecule has 1 aliphatic carbocycles. The fraction of sp³-hybridized carbons (Fsp3) is 0.529. The third-order valence-electron chi connectivity index (χ3n) is 4.38. The highest BCUT2D eigenvalue weighted by atomic mass is 35.5. The molecule has 9 heteroatoms. The number of aryl methyl sites for hydroxylation is 1. The Bertz CT molecular complexity index is 944. The first kappa shape index (κ1) is 19.5. The Morgan fingerprint density at radius 2 is 2.08 bits per heavy atom.